The molecule has 0 saturated heterocycles. The molecule has 2 aliphatic rings. The van der Waals surface area contributed by atoms with Crippen molar-refractivity contribution in [3.05, 3.63) is 35.9 Å². The smallest absolute Gasteiger partial charge is 0.311 e. The molecule has 1 aromatic heterocycles. The van der Waals surface area contributed by atoms with Crippen molar-refractivity contribution in [3.8, 4) is 11.3 Å². The van der Waals surface area contributed by atoms with Crippen LogP contribution in [0.3, 0.4) is 0 Å². The second kappa shape index (κ2) is 6.60. The molecule has 1 atom stereocenters. The van der Waals surface area contributed by atoms with Crippen LogP contribution in [-0.2, 0) is 11.8 Å². The predicted molar refractivity (Wildman–Crippen MR) is 96.5 cm³/mol. The Bertz CT molecular complexity index is 890. The van der Waals surface area contributed by atoms with E-state index in [1.54, 1.807) is 7.05 Å². The first-order valence-corrected chi connectivity index (χ1v) is 9.38. The Morgan fingerprint density at radius 2 is 1.89 bits per heavy atom. The molecule has 2 saturated carbocycles. The fraction of sp³-hybridized carbons (Fsp3) is 0.500. The summed E-state index contributed by atoms with van der Waals surface area (Å²) in [5, 5.41) is 7.20. The van der Waals surface area contributed by atoms with Gasteiger partial charge in [0.15, 0.2) is 0 Å². The minimum atomic E-state index is -4.14. The van der Waals surface area contributed by atoms with Gasteiger partial charge in [0, 0.05) is 36.9 Å². The maximum Gasteiger partial charge on any atom is 0.313 e. The molecule has 4 nitrogen and oxygen atoms in total. The number of rotatable bonds is 5. The van der Waals surface area contributed by atoms with Gasteiger partial charge in [-0.3, -0.25) is 9.48 Å². The number of carbonyl (C=O) groups excluding carboxylic acids is 1. The standard InChI is InChI=1S/C20H21F4N3O/c1-27-18(25-15(28)10-14-11-19(21,22)20(14,23)24)16(12-8-5-9-12)17(26-27)13-6-3-2-4-7-13/h2-4,6-7,12,14H,5,8-11H2,1H3,(H,25,28)/t14-/m1/s1. The molecule has 2 fully saturated rings. The lowest BCUT2D eigenvalue weighted by Gasteiger charge is -2.43. The summed E-state index contributed by atoms with van der Waals surface area (Å²) in [6.07, 6.45) is 1.38. The summed E-state index contributed by atoms with van der Waals surface area (Å²) in [5.74, 6) is -9.80. The molecule has 1 amide bonds. The Balaban J connectivity index is 1.58. The molecule has 4 rings (SSSR count). The van der Waals surface area contributed by atoms with Gasteiger partial charge in [0.2, 0.25) is 5.91 Å². The topological polar surface area (TPSA) is 46.9 Å². The van der Waals surface area contributed by atoms with Crippen LogP contribution in [0.2, 0.25) is 0 Å². The third kappa shape index (κ3) is 2.99. The van der Waals surface area contributed by atoms with Gasteiger partial charge in [0.25, 0.3) is 0 Å². The lowest BCUT2D eigenvalue weighted by molar-refractivity contribution is -0.313. The van der Waals surface area contributed by atoms with Gasteiger partial charge in [-0.25, -0.2) is 0 Å². The number of halogens is 4. The van der Waals surface area contributed by atoms with Gasteiger partial charge < -0.3 is 5.32 Å². The maximum absolute atomic E-state index is 13.5. The molecule has 8 heteroatoms. The van der Waals surface area contributed by atoms with Crippen LogP contribution in [0.5, 0.6) is 0 Å². The zero-order valence-electron chi connectivity index (χ0n) is 15.4. The molecule has 150 valence electrons. The van der Waals surface area contributed by atoms with Crippen molar-refractivity contribution in [1.82, 2.24) is 9.78 Å². The van der Waals surface area contributed by atoms with Crippen LogP contribution in [-0.4, -0.2) is 27.5 Å². The van der Waals surface area contributed by atoms with Gasteiger partial charge >= 0.3 is 11.8 Å². The number of alkyl halides is 4. The van der Waals surface area contributed by atoms with Crippen LogP contribution >= 0.6 is 0 Å². The second-order valence-corrected chi connectivity index (χ2v) is 7.71. The third-order valence-electron chi connectivity index (χ3n) is 5.84. The van der Waals surface area contributed by atoms with Crippen molar-refractivity contribution in [2.24, 2.45) is 13.0 Å². The molecule has 0 aliphatic heterocycles. The lowest BCUT2D eigenvalue weighted by Crippen LogP contribution is -2.59. The molecule has 2 aliphatic carbocycles. The highest BCUT2D eigenvalue weighted by Crippen LogP contribution is 2.56. The molecule has 0 bridgehead atoms. The summed E-state index contributed by atoms with van der Waals surface area (Å²) in [6.45, 7) is 0. The van der Waals surface area contributed by atoms with E-state index in [1.165, 1.54) is 4.68 Å². The van der Waals surface area contributed by atoms with Crippen LogP contribution in [0.1, 0.15) is 43.6 Å². The summed E-state index contributed by atoms with van der Waals surface area (Å²) >= 11 is 0. The Morgan fingerprint density at radius 3 is 2.43 bits per heavy atom. The fourth-order valence-electron chi connectivity index (χ4n) is 3.93. The summed E-state index contributed by atoms with van der Waals surface area (Å²) in [6, 6.07) is 9.53. The number of aryl methyl sites for hydroxylation is 1. The third-order valence-corrected chi connectivity index (χ3v) is 5.84. The van der Waals surface area contributed by atoms with Gasteiger partial charge in [0.1, 0.15) is 5.82 Å². The van der Waals surface area contributed by atoms with Crippen molar-refractivity contribution in [2.75, 3.05) is 5.32 Å². The quantitative estimate of drug-likeness (QED) is 0.727. The van der Waals surface area contributed by atoms with Crippen molar-refractivity contribution in [1.29, 1.82) is 0 Å². The molecule has 1 N–H and O–H groups in total. The molecular formula is C20H21F4N3O. The lowest BCUT2D eigenvalue weighted by atomic mass is 9.74. The van der Waals surface area contributed by atoms with E-state index in [4.69, 9.17) is 0 Å². The van der Waals surface area contributed by atoms with Crippen molar-refractivity contribution >= 4 is 11.7 Å². The molecule has 0 spiro atoms. The van der Waals surface area contributed by atoms with Crippen LogP contribution in [0.4, 0.5) is 23.4 Å². The first kappa shape index (κ1) is 19.0. The van der Waals surface area contributed by atoms with Gasteiger partial charge in [-0.2, -0.15) is 22.7 Å². The summed E-state index contributed by atoms with van der Waals surface area (Å²) in [4.78, 5) is 12.4. The van der Waals surface area contributed by atoms with Crippen LogP contribution in [0, 0.1) is 5.92 Å². The zero-order chi connectivity index (χ0) is 20.1. The number of nitrogens with zero attached hydrogens (tertiary/aromatic N) is 2. The summed E-state index contributed by atoms with van der Waals surface area (Å²) < 4.78 is 54.6. The minimum Gasteiger partial charge on any atom is -0.311 e. The average molecular weight is 395 g/mol. The molecule has 1 aromatic carbocycles. The number of hydrogen-bond acceptors (Lipinski definition) is 2. The van der Waals surface area contributed by atoms with Crippen LogP contribution < -0.4 is 5.32 Å². The summed E-state index contributed by atoms with van der Waals surface area (Å²) in [7, 11) is 1.68. The second-order valence-electron chi connectivity index (χ2n) is 7.71. The molecule has 1 heterocycles. The highest BCUT2D eigenvalue weighted by molar-refractivity contribution is 5.92. The number of hydrogen-bond donors (Lipinski definition) is 1. The zero-order valence-corrected chi connectivity index (χ0v) is 15.4. The monoisotopic (exact) mass is 395 g/mol. The van der Waals surface area contributed by atoms with Gasteiger partial charge in [-0.1, -0.05) is 36.8 Å². The predicted octanol–water partition coefficient (Wildman–Crippen LogP) is 4.97. The Hall–Kier alpha value is -2.38. The number of benzene rings is 1. The van der Waals surface area contributed by atoms with E-state index >= 15 is 0 Å². The number of amides is 1. The highest BCUT2D eigenvalue weighted by atomic mass is 19.3. The van der Waals surface area contributed by atoms with Crippen molar-refractivity contribution < 1.29 is 22.4 Å². The first-order chi connectivity index (χ1) is 13.2. The number of aromatic nitrogens is 2. The van der Waals surface area contributed by atoms with E-state index in [-0.39, 0.29) is 5.92 Å². The van der Waals surface area contributed by atoms with E-state index in [9.17, 15) is 22.4 Å². The van der Waals surface area contributed by atoms with Crippen LogP contribution in [0.15, 0.2) is 30.3 Å². The highest BCUT2D eigenvalue weighted by Gasteiger charge is 2.71. The molecule has 0 radical (unpaired) electrons. The first-order valence-electron chi connectivity index (χ1n) is 9.38. The van der Waals surface area contributed by atoms with Gasteiger partial charge in [0.05, 0.1) is 5.69 Å². The fourth-order valence-corrected chi connectivity index (χ4v) is 3.93. The number of anilines is 1. The Labute approximate surface area is 159 Å². The number of nitrogens with one attached hydrogen (secondary N) is 1. The van der Waals surface area contributed by atoms with Crippen molar-refractivity contribution in [2.45, 2.75) is 49.9 Å². The van der Waals surface area contributed by atoms with Crippen LogP contribution in [0.25, 0.3) is 11.3 Å². The molecule has 0 unspecified atom stereocenters. The number of carbonyl (C=O) groups is 1. The van der Waals surface area contributed by atoms with E-state index in [1.807, 2.05) is 30.3 Å². The van der Waals surface area contributed by atoms with E-state index in [2.05, 4.69) is 10.4 Å². The Morgan fingerprint density at radius 1 is 1.21 bits per heavy atom. The molecule has 2 aromatic rings. The van der Waals surface area contributed by atoms with Gasteiger partial charge in [-0.15, -0.1) is 0 Å². The molecule has 28 heavy (non-hydrogen) atoms. The molecular weight excluding hydrogens is 374 g/mol. The van der Waals surface area contributed by atoms with E-state index in [0.29, 0.717) is 5.82 Å². The summed E-state index contributed by atoms with van der Waals surface area (Å²) in [5.41, 5.74) is 2.55. The maximum atomic E-state index is 13.5. The minimum absolute atomic E-state index is 0.230. The average Bonchev–Trinajstić information content (AvgIpc) is 2.90. The van der Waals surface area contributed by atoms with Crippen molar-refractivity contribution in [3.63, 3.8) is 0 Å². The normalized spacial score (nSPS) is 23.0. The largest absolute Gasteiger partial charge is 0.313 e. The Kier molecular flexibility index (Phi) is 4.47. The SMILES string of the molecule is Cn1nc(-c2ccccc2)c(C2CCC2)c1NC(=O)C[C@@H]1CC(F)(F)C1(F)F. The van der Waals surface area contributed by atoms with Gasteiger partial charge in [-0.05, 0) is 18.8 Å². The van der Waals surface area contributed by atoms with E-state index < -0.39 is 36.5 Å². The van der Waals surface area contributed by atoms with E-state index in [0.717, 1.165) is 36.1 Å².